The SMILES string of the molecule is COc1ccc(/C(=C\c2ccc(F)cc2)C(=O)NC2CCN(c3ncc(C(=O)NO)cn3)CC2)cc1OC. The van der Waals surface area contributed by atoms with Crippen LogP contribution in [0.25, 0.3) is 11.6 Å². The van der Waals surface area contributed by atoms with Crippen molar-refractivity contribution >= 4 is 29.4 Å². The highest BCUT2D eigenvalue weighted by atomic mass is 19.1. The van der Waals surface area contributed by atoms with Gasteiger partial charge in [0.25, 0.3) is 11.8 Å². The molecule has 0 saturated carbocycles. The van der Waals surface area contributed by atoms with Gasteiger partial charge in [-0.2, -0.15) is 0 Å². The van der Waals surface area contributed by atoms with Crippen LogP contribution in [0.1, 0.15) is 34.3 Å². The molecule has 0 aliphatic carbocycles. The number of hydrogen-bond acceptors (Lipinski definition) is 8. The molecule has 1 fully saturated rings. The second kappa shape index (κ2) is 12.2. The molecule has 1 saturated heterocycles. The minimum atomic E-state index is -0.683. The Kier molecular flexibility index (Phi) is 8.49. The Labute approximate surface area is 219 Å². The average Bonchev–Trinajstić information content (AvgIpc) is 2.96. The van der Waals surface area contributed by atoms with Crippen LogP contribution in [-0.2, 0) is 4.79 Å². The Balaban J connectivity index is 1.49. The minimum absolute atomic E-state index is 0.0880. The van der Waals surface area contributed by atoms with Gasteiger partial charge < -0.3 is 19.7 Å². The monoisotopic (exact) mass is 521 g/mol. The summed E-state index contributed by atoms with van der Waals surface area (Å²) in [5.74, 6) is 0.177. The van der Waals surface area contributed by atoms with Gasteiger partial charge in [0.15, 0.2) is 11.5 Å². The van der Waals surface area contributed by atoms with Gasteiger partial charge in [0, 0.05) is 37.1 Å². The van der Waals surface area contributed by atoms with E-state index in [1.807, 2.05) is 4.90 Å². The molecule has 11 heteroatoms. The number of hydroxylamine groups is 1. The quantitative estimate of drug-likeness (QED) is 0.179. The number of nitrogens with zero attached hydrogens (tertiary/aromatic N) is 3. The summed E-state index contributed by atoms with van der Waals surface area (Å²) in [6.45, 7) is 1.20. The maximum absolute atomic E-state index is 13.5. The van der Waals surface area contributed by atoms with E-state index in [2.05, 4.69) is 15.3 Å². The molecule has 2 heterocycles. The molecule has 0 spiro atoms. The van der Waals surface area contributed by atoms with E-state index >= 15 is 0 Å². The van der Waals surface area contributed by atoms with E-state index in [0.717, 1.165) is 0 Å². The molecule has 1 aromatic heterocycles. The maximum Gasteiger partial charge on any atom is 0.277 e. The normalized spacial score (nSPS) is 14.1. The molecule has 0 atom stereocenters. The Bertz CT molecular complexity index is 1310. The highest BCUT2D eigenvalue weighted by molar-refractivity contribution is 6.24. The Morgan fingerprint density at radius 1 is 1.00 bits per heavy atom. The molecule has 1 aliphatic rings. The van der Waals surface area contributed by atoms with Crippen LogP contribution in [0.3, 0.4) is 0 Å². The first-order valence-electron chi connectivity index (χ1n) is 11.9. The molecule has 3 aromatic rings. The third-order valence-corrected chi connectivity index (χ3v) is 6.24. The van der Waals surface area contributed by atoms with Gasteiger partial charge in [-0.15, -0.1) is 0 Å². The third-order valence-electron chi connectivity index (χ3n) is 6.24. The largest absolute Gasteiger partial charge is 0.493 e. The standard InChI is InChI=1S/C27H28FN5O5/c1-37-23-8-5-18(14-24(23)38-2)22(13-17-3-6-20(28)7-4-17)26(35)31-21-9-11-33(12-10-21)27-29-15-19(16-30-27)25(34)32-36/h3-8,13-16,21,36H,9-12H2,1-2H3,(H,31,35)(H,32,34)/b22-13+. The predicted molar refractivity (Wildman–Crippen MR) is 138 cm³/mol. The van der Waals surface area contributed by atoms with E-state index in [4.69, 9.17) is 14.7 Å². The smallest absolute Gasteiger partial charge is 0.277 e. The van der Waals surface area contributed by atoms with Gasteiger partial charge in [0.05, 0.1) is 19.8 Å². The van der Waals surface area contributed by atoms with Gasteiger partial charge in [-0.1, -0.05) is 18.2 Å². The van der Waals surface area contributed by atoms with Gasteiger partial charge >= 0.3 is 0 Å². The molecule has 0 unspecified atom stereocenters. The van der Waals surface area contributed by atoms with Crippen LogP contribution in [0, 0.1) is 5.82 Å². The molecule has 198 valence electrons. The average molecular weight is 522 g/mol. The van der Waals surface area contributed by atoms with Crippen LogP contribution in [0.4, 0.5) is 10.3 Å². The van der Waals surface area contributed by atoms with E-state index in [1.165, 1.54) is 38.7 Å². The second-order valence-corrected chi connectivity index (χ2v) is 8.63. The van der Waals surface area contributed by atoms with E-state index in [9.17, 15) is 14.0 Å². The van der Waals surface area contributed by atoms with E-state index < -0.39 is 5.91 Å². The van der Waals surface area contributed by atoms with Crippen LogP contribution < -0.4 is 25.2 Å². The number of amides is 2. The van der Waals surface area contributed by atoms with Crippen molar-refractivity contribution in [2.45, 2.75) is 18.9 Å². The fraction of sp³-hybridized carbons (Fsp3) is 0.259. The van der Waals surface area contributed by atoms with Crippen LogP contribution in [0.5, 0.6) is 11.5 Å². The molecule has 2 amide bonds. The van der Waals surface area contributed by atoms with E-state index in [1.54, 1.807) is 41.9 Å². The number of piperidine rings is 1. The fourth-order valence-corrected chi connectivity index (χ4v) is 4.16. The van der Waals surface area contributed by atoms with E-state index in [0.29, 0.717) is 60.1 Å². The number of methoxy groups -OCH3 is 2. The summed E-state index contributed by atoms with van der Waals surface area (Å²) in [5, 5.41) is 11.8. The van der Waals surface area contributed by atoms with Crippen molar-refractivity contribution in [1.29, 1.82) is 0 Å². The molecule has 10 nitrogen and oxygen atoms in total. The summed E-state index contributed by atoms with van der Waals surface area (Å²) in [6, 6.07) is 11.1. The minimum Gasteiger partial charge on any atom is -0.493 e. The highest BCUT2D eigenvalue weighted by Gasteiger charge is 2.24. The summed E-state index contributed by atoms with van der Waals surface area (Å²) < 4.78 is 24.2. The lowest BCUT2D eigenvalue weighted by Gasteiger charge is -2.32. The Morgan fingerprint density at radius 3 is 2.26 bits per heavy atom. The molecule has 2 aromatic carbocycles. The van der Waals surface area contributed by atoms with Crippen molar-refractivity contribution in [3.8, 4) is 11.5 Å². The predicted octanol–water partition coefficient (Wildman–Crippen LogP) is 3.08. The van der Waals surface area contributed by atoms with Gasteiger partial charge in [0.1, 0.15) is 5.82 Å². The number of halogens is 1. The van der Waals surface area contributed by atoms with Crippen molar-refractivity contribution in [3.63, 3.8) is 0 Å². The molecule has 38 heavy (non-hydrogen) atoms. The lowest BCUT2D eigenvalue weighted by atomic mass is 9.99. The number of nitrogens with one attached hydrogen (secondary N) is 2. The number of carbonyl (C=O) groups is 2. The summed E-state index contributed by atoms with van der Waals surface area (Å²) in [6.07, 6.45) is 5.71. The fourth-order valence-electron chi connectivity index (χ4n) is 4.16. The van der Waals surface area contributed by atoms with Crippen molar-refractivity contribution in [1.82, 2.24) is 20.8 Å². The molecule has 1 aliphatic heterocycles. The maximum atomic E-state index is 13.5. The molecule has 0 bridgehead atoms. The zero-order valence-electron chi connectivity index (χ0n) is 21.0. The second-order valence-electron chi connectivity index (χ2n) is 8.63. The molecule has 4 rings (SSSR count). The van der Waals surface area contributed by atoms with Crippen molar-refractivity contribution in [2.24, 2.45) is 0 Å². The number of carbonyl (C=O) groups excluding carboxylic acids is 2. The van der Waals surface area contributed by atoms with Crippen molar-refractivity contribution in [3.05, 3.63) is 77.4 Å². The molecule has 0 radical (unpaired) electrons. The summed E-state index contributed by atoms with van der Waals surface area (Å²) in [7, 11) is 3.06. The first-order chi connectivity index (χ1) is 18.4. The van der Waals surface area contributed by atoms with Crippen molar-refractivity contribution in [2.75, 3.05) is 32.2 Å². The zero-order chi connectivity index (χ0) is 27.1. The Morgan fingerprint density at radius 2 is 1.66 bits per heavy atom. The summed E-state index contributed by atoms with van der Waals surface area (Å²) >= 11 is 0. The molecular formula is C27H28FN5O5. The van der Waals surface area contributed by atoms with Crippen molar-refractivity contribution < 1.29 is 28.7 Å². The van der Waals surface area contributed by atoms with Crippen LogP contribution in [-0.4, -0.2) is 60.3 Å². The van der Waals surface area contributed by atoms with Gasteiger partial charge in [0.2, 0.25) is 5.95 Å². The number of hydrogen-bond donors (Lipinski definition) is 3. The van der Waals surface area contributed by atoms with Gasteiger partial charge in [-0.05, 0) is 54.3 Å². The van der Waals surface area contributed by atoms with Gasteiger partial charge in [-0.25, -0.2) is 19.8 Å². The first-order valence-corrected chi connectivity index (χ1v) is 11.9. The summed E-state index contributed by atoms with van der Waals surface area (Å²) in [5.41, 5.74) is 3.40. The Hall–Kier alpha value is -4.51. The highest BCUT2D eigenvalue weighted by Crippen LogP contribution is 2.31. The third kappa shape index (κ3) is 6.24. The zero-order valence-corrected chi connectivity index (χ0v) is 21.0. The van der Waals surface area contributed by atoms with Crippen LogP contribution >= 0.6 is 0 Å². The topological polar surface area (TPSA) is 126 Å². The number of ether oxygens (including phenoxy) is 2. The number of aromatic nitrogens is 2. The molecule has 3 N–H and O–H groups in total. The number of benzene rings is 2. The van der Waals surface area contributed by atoms with Gasteiger partial charge in [-0.3, -0.25) is 14.8 Å². The van der Waals surface area contributed by atoms with Crippen LogP contribution in [0.15, 0.2) is 54.9 Å². The molecular weight excluding hydrogens is 493 g/mol. The van der Waals surface area contributed by atoms with Crippen LogP contribution in [0.2, 0.25) is 0 Å². The number of rotatable bonds is 8. The first kappa shape index (κ1) is 26.6. The lowest BCUT2D eigenvalue weighted by molar-refractivity contribution is -0.116. The van der Waals surface area contributed by atoms with E-state index in [-0.39, 0.29) is 23.3 Å². The number of anilines is 1. The lowest BCUT2D eigenvalue weighted by Crippen LogP contribution is -2.45. The summed E-state index contributed by atoms with van der Waals surface area (Å²) in [4.78, 5) is 35.3.